The molecule has 2 aliphatic rings. The fraction of sp³-hybridized carbons (Fsp3) is 0.533. The van der Waals surface area contributed by atoms with Crippen molar-refractivity contribution in [2.75, 3.05) is 42.6 Å². The van der Waals surface area contributed by atoms with E-state index in [-0.39, 0.29) is 5.91 Å². The molecule has 5 nitrogen and oxygen atoms in total. The number of fused-ring (bicyclic) bond motifs is 1. The summed E-state index contributed by atoms with van der Waals surface area (Å²) >= 11 is 0. The summed E-state index contributed by atoms with van der Waals surface area (Å²) in [6.45, 7) is 5.19. The van der Waals surface area contributed by atoms with Crippen molar-refractivity contribution in [1.29, 1.82) is 0 Å². The Morgan fingerprint density at radius 1 is 1.30 bits per heavy atom. The Kier molecular flexibility index (Phi) is 3.30. The maximum atomic E-state index is 11.5. The molecule has 3 rings (SSSR count). The molecule has 108 valence electrons. The van der Waals surface area contributed by atoms with Crippen LogP contribution >= 0.6 is 0 Å². The molecule has 0 bridgehead atoms. The number of likely N-dealkylation sites (N-methyl/N-ethyl adjacent to an activating group) is 1. The van der Waals surface area contributed by atoms with Gasteiger partial charge in [-0.25, -0.2) is 0 Å². The summed E-state index contributed by atoms with van der Waals surface area (Å²) in [7, 11) is 2.15. The summed E-state index contributed by atoms with van der Waals surface area (Å²) in [6.07, 6.45) is 1.34. The van der Waals surface area contributed by atoms with Gasteiger partial charge in [-0.3, -0.25) is 4.79 Å². The largest absolute Gasteiger partial charge is 0.397 e. The van der Waals surface area contributed by atoms with Gasteiger partial charge in [0, 0.05) is 37.8 Å². The van der Waals surface area contributed by atoms with Crippen LogP contribution in [0.1, 0.15) is 18.9 Å². The number of nitrogens with zero attached hydrogens (tertiary/aromatic N) is 2. The molecule has 1 unspecified atom stereocenters. The second kappa shape index (κ2) is 4.98. The molecular weight excluding hydrogens is 252 g/mol. The minimum Gasteiger partial charge on any atom is -0.397 e. The molecule has 0 spiro atoms. The molecule has 0 aliphatic carbocycles. The van der Waals surface area contributed by atoms with Gasteiger partial charge in [-0.05, 0) is 38.1 Å². The first kappa shape index (κ1) is 13.2. The van der Waals surface area contributed by atoms with Crippen molar-refractivity contribution in [3.8, 4) is 0 Å². The monoisotopic (exact) mass is 274 g/mol. The zero-order valence-corrected chi connectivity index (χ0v) is 12.1. The fourth-order valence-electron chi connectivity index (χ4n) is 2.98. The molecule has 1 fully saturated rings. The Morgan fingerprint density at radius 2 is 2.10 bits per heavy atom. The zero-order valence-electron chi connectivity index (χ0n) is 12.1. The first-order valence-electron chi connectivity index (χ1n) is 7.22. The van der Waals surface area contributed by atoms with Crippen LogP contribution in [0.15, 0.2) is 12.1 Å². The van der Waals surface area contributed by atoms with Gasteiger partial charge in [0.1, 0.15) is 0 Å². The first-order valence-corrected chi connectivity index (χ1v) is 7.22. The summed E-state index contributed by atoms with van der Waals surface area (Å²) in [5, 5.41) is 2.95. The van der Waals surface area contributed by atoms with E-state index in [0.717, 1.165) is 48.7 Å². The van der Waals surface area contributed by atoms with E-state index in [0.29, 0.717) is 12.5 Å². The standard InChI is InChI=1S/C15H22N4O/c1-10-9-19(6-5-18(10)2)14-8-13-11(7-12(14)16)3-4-15(20)17-13/h7-8,10H,3-6,9,16H2,1-2H3,(H,17,20). The molecular formula is C15H22N4O. The van der Waals surface area contributed by atoms with Crippen molar-refractivity contribution >= 4 is 23.0 Å². The number of nitrogens with one attached hydrogen (secondary N) is 1. The molecule has 3 N–H and O–H groups in total. The molecule has 1 aromatic rings. The summed E-state index contributed by atoms with van der Waals surface area (Å²) in [5.41, 5.74) is 10.2. The number of aryl methyl sites for hydroxylation is 1. The van der Waals surface area contributed by atoms with E-state index in [4.69, 9.17) is 5.73 Å². The van der Waals surface area contributed by atoms with E-state index in [1.54, 1.807) is 0 Å². The minimum atomic E-state index is 0.0972. The van der Waals surface area contributed by atoms with Crippen LogP contribution in [0.2, 0.25) is 0 Å². The SMILES string of the molecule is CC1CN(c2cc3c(cc2N)CCC(=O)N3)CCN1C. The van der Waals surface area contributed by atoms with Crippen LogP contribution < -0.4 is 16.0 Å². The third-order valence-electron chi connectivity index (χ3n) is 4.45. The second-order valence-electron chi connectivity index (χ2n) is 5.89. The van der Waals surface area contributed by atoms with Gasteiger partial charge in [0.25, 0.3) is 0 Å². The lowest BCUT2D eigenvalue weighted by molar-refractivity contribution is -0.116. The molecule has 1 aromatic carbocycles. The minimum absolute atomic E-state index is 0.0972. The number of carbonyl (C=O) groups is 1. The van der Waals surface area contributed by atoms with Crippen LogP contribution in [-0.4, -0.2) is 43.5 Å². The van der Waals surface area contributed by atoms with Crippen LogP contribution in [0.4, 0.5) is 17.1 Å². The Labute approximate surface area is 119 Å². The number of benzene rings is 1. The third kappa shape index (κ3) is 2.33. The Balaban J connectivity index is 1.90. The van der Waals surface area contributed by atoms with Crippen LogP contribution in [0, 0.1) is 0 Å². The van der Waals surface area contributed by atoms with Crippen molar-refractivity contribution < 1.29 is 4.79 Å². The van der Waals surface area contributed by atoms with E-state index in [1.807, 2.05) is 12.1 Å². The Hall–Kier alpha value is -1.75. The van der Waals surface area contributed by atoms with Crippen molar-refractivity contribution in [2.45, 2.75) is 25.8 Å². The van der Waals surface area contributed by atoms with Crippen molar-refractivity contribution in [1.82, 2.24) is 4.90 Å². The van der Waals surface area contributed by atoms with Gasteiger partial charge in [-0.2, -0.15) is 0 Å². The van der Waals surface area contributed by atoms with E-state index >= 15 is 0 Å². The van der Waals surface area contributed by atoms with Crippen LogP contribution in [0.5, 0.6) is 0 Å². The van der Waals surface area contributed by atoms with Gasteiger partial charge in [0.05, 0.1) is 11.4 Å². The molecule has 1 saturated heterocycles. The van der Waals surface area contributed by atoms with Crippen LogP contribution in [0.3, 0.4) is 0 Å². The highest BCUT2D eigenvalue weighted by atomic mass is 16.1. The third-order valence-corrected chi connectivity index (χ3v) is 4.45. The van der Waals surface area contributed by atoms with Gasteiger partial charge >= 0.3 is 0 Å². The van der Waals surface area contributed by atoms with Gasteiger partial charge in [-0.1, -0.05) is 0 Å². The average molecular weight is 274 g/mol. The number of amides is 1. The topological polar surface area (TPSA) is 61.6 Å². The lowest BCUT2D eigenvalue weighted by Gasteiger charge is -2.39. The number of carbonyl (C=O) groups excluding carboxylic acids is 1. The smallest absolute Gasteiger partial charge is 0.224 e. The Morgan fingerprint density at radius 3 is 2.85 bits per heavy atom. The highest BCUT2D eigenvalue weighted by molar-refractivity contribution is 5.95. The number of piperazine rings is 1. The predicted octanol–water partition coefficient (Wildman–Crippen LogP) is 1.29. The van der Waals surface area contributed by atoms with E-state index in [2.05, 4.69) is 29.1 Å². The number of anilines is 3. The van der Waals surface area contributed by atoms with Gasteiger partial charge in [0.15, 0.2) is 0 Å². The number of hydrogen-bond acceptors (Lipinski definition) is 4. The van der Waals surface area contributed by atoms with E-state index in [1.165, 1.54) is 0 Å². The molecule has 1 atom stereocenters. The highest BCUT2D eigenvalue weighted by Gasteiger charge is 2.24. The van der Waals surface area contributed by atoms with E-state index < -0.39 is 0 Å². The average Bonchev–Trinajstić information content (AvgIpc) is 2.42. The normalized spacial score (nSPS) is 23.4. The predicted molar refractivity (Wildman–Crippen MR) is 82.1 cm³/mol. The fourth-order valence-corrected chi connectivity index (χ4v) is 2.98. The molecule has 1 amide bonds. The maximum absolute atomic E-state index is 11.5. The van der Waals surface area contributed by atoms with Gasteiger partial charge in [-0.15, -0.1) is 0 Å². The molecule has 0 radical (unpaired) electrons. The molecule has 2 heterocycles. The lowest BCUT2D eigenvalue weighted by Crippen LogP contribution is -2.50. The van der Waals surface area contributed by atoms with Gasteiger partial charge in [0.2, 0.25) is 5.91 Å². The maximum Gasteiger partial charge on any atom is 0.224 e. The van der Waals surface area contributed by atoms with Crippen molar-refractivity contribution in [3.63, 3.8) is 0 Å². The zero-order chi connectivity index (χ0) is 14.3. The second-order valence-corrected chi connectivity index (χ2v) is 5.89. The van der Waals surface area contributed by atoms with Gasteiger partial charge < -0.3 is 20.9 Å². The highest BCUT2D eigenvalue weighted by Crippen LogP contribution is 2.34. The molecule has 0 saturated carbocycles. The molecule has 5 heteroatoms. The number of nitrogen functional groups attached to an aromatic ring is 1. The number of hydrogen-bond donors (Lipinski definition) is 2. The summed E-state index contributed by atoms with van der Waals surface area (Å²) in [4.78, 5) is 16.2. The molecule has 0 aromatic heterocycles. The van der Waals surface area contributed by atoms with Crippen molar-refractivity contribution in [2.24, 2.45) is 0 Å². The summed E-state index contributed by atoms with van der Waals surface area (Å²) in [5.74, 6) is 0.0972. The summed E-state index contributed by atoms with van der Waals surface area (Å²) < 4.78 is 0. The Bertz CT molecular complexity index is 543. The molecule has 20 heavy (non-hydrogen) atoms. The number of rotatable bonds is 1. The summed E-state index contributed by atoms with van der Waals surface area (Å²) in [6, 6.07) is 4.57. The lowest BCUT2D eigenvalue weighted by atomic mass is 10.0. The quantitative estimate of drug-likeness (QED) is 0.758. The molecule has 2 aliphatic heterocycles. The van der Waals surface area contributed by atoms with Crippen molar-refractivity contribution in [3.05, 3.63) is 17.7 Å². The van der Waals surface area contributed by atoms with Crippen LogP contribution in [-0.2, 0) is 11.2 Å². The number of nitrogens with two attached hydrogens (primary N) is 1. The van der Waals surface area contributed by atoms with E-state index in [9.17, 15) is 4.79 Å². The van der Waals surface area contributed by atoms with Crippen LogP contribution in [0.25, 0.3) is 0 Å². The first-order chi connectivity index (χ1) is 9.54.